The maximum absolute atomic E-state index is 11.0. The molecule has 0 bridgehead atoms. The van der Waals surface area contributed by atoms with Crippen molar-refractivity contribution in [3.05, 3.63) is 31.4 Å². The maximum atomic E-state index is 11.0. The number of ether oxygens (including phenoxy) is 1. The van der Waals surface area contributed by atoms with E-state index in [0.717, 1.165) is 20.5 Å². The monoisotopic (exact) mass is 283 g/mol. The van der Waals surface area contributed by atoms with Gasteiger partial charge in [0.15, 0.2) is 4.88 Å². The zero-order chi connectivity index (χ0) is 13.3. The largest absolute Gasteiger partial charge is 0.485 e. The van der Waals surface area contributed by atoms with Gasteiger partial charge in [-0.15, -0.1) is 22.7 Å². The highest BCUT2D eigenvalue weighted by Crippen LogP contribution is 2.30. The Morgan fingerprint density at radius 2 is 2.11 bits per heavy atom. The van der Waals surface area contributed by atoms with Crippen molar-refractivity contribution in [3.63, 3.8) is 0 Å². The molecule has 4 nitrogen and oxygen atoms in total. The van der Waals surface area contributed by atoms with Crippen LogP contribution in [0.5, 0.6) is 5.75 Å². The number of carboxylic acids is 1. The van der Waals surface area contributed by atoms with Crippen LogP contribution in [-0.2, 0) is 6.61 Å². The molecule has 0 aliphatic carbocycles. The van der Waals surface area contributed by atoms with E-state index in [0.29, 0.717) is 12.4 Å². The number of carbonyl (C=O) groups is 1. The van der Waals surface area contributed by atoms with Crippen LogP contribution in [0.3, 0.4) is 0 Å². The molecule has 0 saturated heterocycles. The number of carboxylic acid groups (broad SMARTS) is 1. The van der Waals surface area contributed by atoms with E-state index in [1.807, 2.05) is 20.8 Å². The molecule has 2 rings (SSSR count). The van der Waals surface area contributed by atoms with Crippen LogP contribution < -0.4 is 4.74 Å². The van der Waals surface area contributed by atoms with Gasteiger partial charge in [-0.2, -0.15) is 0 Å². The fourth-order valence-electron chi connectivity index (χ4n) is 1.49. The van der Waals surface area contributed by atoms with Gasteiger partial charge >= 0.3 is 5.97 Å². The van der Waals surface area contributed by atoms with Crippen molar-refractivity contribution in [2.45, 2.75) is 27.4 Å². The van der Waals surface area contributed by atoms with E-state index in [9.17, 15) is 4.79 Å². The molecule has 6 heteroatoms. The molecule has 0 aromatic carbocycles. The molecular weight excluding hydrogens is 270 g/mol. The Labute approximate surface area is 113 Å². The Bertz CT molecular complexity index is 567. The predicted molar refractivity (Wildman–Crippen MR) is 71.9 cm³/mol. The molecule has 0 atom stereocenters. The van der Waals surface area contributed by atoms with Gasteiger partial charge in [-0.3, -0.25) is 0 Å². The first-order chi connectivity index (χ1) is 8.47. The Balaban J connectivity index is 2.12. The third-order valence-corrected chi connectivity index (χ3v) is 4.51. The number of hydrogen-bond donors (Lipinski definition) is 1. The van der Waals surface area contributed by atoms with E-state index in [2.05, 4.69) is 4.98 Å². The van der Waals surface area contributed by atoms with E-state index >= 15 is 0 Å². The summed E-state index contributed by atoms with van der Waals surface area (Å²) in [5.74, 6) is -0.523. The van der Waals surface area contributed by atoms with Crippen molar-refractivity contribution in [2.24, 2.45) is 0 Å². The van der Waals surface area contributed by atoms with E-state index in [4.69, 9.17) is 9.84 Å². The lowest BCUT2D eigenvalue weighted by Crippen LogP contribution is -1.99. The van der Waals surface area contributed by atoms with Crippen molar-refractivity contribution >= 4 is 28.6 Å². The lowest BCUT2D eigenvalue weighted by atomic mass is 10.4. The predicted octanol–water partition coefficient (Wildman–Crippen LogP) is 3.41. The lowest BCUT2D eigenvalue weighted by Gasteiger charge is -2.02. The van der Waals surface area contributed by atoms with Gasteiger partial charge in [-0.25, -0.2) is 9.78 Å². The average Bonchev–Trinajstić information content (AvgIpc) is 2.80. The van der Waals surface area contributed by atoms with Gasteiger partial charge in [0.05, 0.1) is 5.69 Å². The maximum Gasteiger partial charge on any atom is 0.349 e. The first-order valence-electron chi connectivity index (χ1n) is 5.37. The quantitative estimate of drug-likeness (QED) is 0.934. The molecule has 1 N–H and O–H groups in total. The van der Waals surface area contributed by atoms with Gasteiger partial charge in [0.2, 0.25) is 0 Å². The van der Waals surface area contributed by atoms with Gasteiger partial charge in [0.25, 0.3) is 0 Å². The zero-order valence-electron chi connectivity index (χ0n) is 10.3. The van der Waals surface area contributed by atoms with E-state index in [1.165, 1.54) is 11.3 Å². The van der Waals surface area contributed by atoms with Crippen LogP contribution in [0, 0.1) is 20.8 Å². The number of thiophene rings is 1. The Hall–Kier alpha value is -1.40. The second-order valence-corrected chi connectivity index (χ2v) is 6.44. The van der Waals surface area contributed by atoms with Gasteiger partial charge in [0, 0.05) is 9.75 Å². The molecule has 96 valence electrons. The van der Waals surface area contributed by atoms with Crippen molar-refractivity contribution in [1.82, 2.24) is 4.98 Å². The third-order valence-electron chi connectivity index (χ3n) is 2.44. The summed E-state index contributed by atoms with van der Waals surface area (Å²) in [6.45, 7) is 6.14. The molecule has 2 heterocycles. The minimum atomic E-state index is -0.949. The molecule has 0 saturated carbocycles. The molecule has 2 aromatic rings. The van der Waals surface area contributed by atoms with Gasteiger partial charge in [-0.05, 0) is 26.8 Å². The molecule has 18 heavy (non-hydrogen) atoms. The highest BCUT2D eigenvalue weighted by atomic mass is 32.1. The summed E-state index contributed by atoms with van der Waals surface area (Å²) in [7, 11) is 0. The Morgan fingerprint density at radius 1 is 1.39 bits per heavy atom. The zero-order valence-corrected chi connectivity index (χ0v) is 11.9. The molecular formula is C12H13NO3S2. The van der Waals surface area contributed by atoms with E-state index < -0.39 is 5.97 Å². The van der Waals surface area contributed by atoms with Crippen LogP contribution in [0.2, 0.25) is 0 Å². The normalized spacial score (nSPS) is 10.6. The number of nitrogens with zero attached hydrogens (tertiary/aromatic N) is 1. The van der Waals surface area contributed by atoms with Crippen LogP contribution in [0.25, 0.3) is 0 Å². The highest BCUT2D eigenvalue weighted by molar-refractivity contribution is 7.14. The summed E-state index contributed by atoms with van der Waals surface area (Å²) in [4.78, 5) is 17.7. The first-order valence-corrected chi connectivity index (χ1v) is 7.00. The van der Waals surface area contributed by atoms with Crippen LogP contribution in [-0.4, -0.2) is 16.1 Å². The molecule has 0 aliphatic rings. The summed E-state index contributed by atoms with van der Waals surface area (Å²) >= 11 is 2.80. The Kier molecular flexibility index (Phi) is 3.68. The number of thiazole rings is 1. The van der Waals surface area contributed by atoms with Gasteiger partial charge in [0.1, 0.15) is 17.4 Å². The minimum Gasteiger partial charge on any atom is -0.485 e. The topological polar surface area (TPSA) is 59.4 Å². The second kappa shape index (κ2) is 5.07. The van der Waals surface area contributed by atoms with Crippen molar-refractivity contribution in [2.75, 3.05) is 0 Å². The van der Waals surface area contributed by atoms with Gasteiger partial charge in [-0.1, -0.05) is 0 Å². The first kappa shape index (κ1) is 13.0. The standard InChI is InChI=1S/C12H13NO3S2/c1-6-4-9(11(17-6)12(14)15)16-5-10-13-7(2)8(3)18-10/h4H,5H2,1-3H3,(H,14,15). The molecule has 0 unspecified atom stereocenters. The molecule has 0 radical (unpaired) electrons. The summed E-state index contributed by atoms with van der Waals surface area (Å²) in [6.07, 6.45) is 0. The summed E-state index contributed by atoms with van der Waals surface area (Å²) in [5.41, 5.74) is 0.999. The van der Waals surface area contributed by atoms with Crippen LogP contribution >= 0.6 is 22.7 Å². The smallest absolute Gasteiger partial charge is 0.349 e. The fraction of sp³-hybridized carbons (Fsp3) is 0.333. The number of aromatic carboxylic acids is 1. The van der Waals surface area contributed by atoms with Crippen LogP contribution in [0.15, 0.2) is 6.07 Å². The van der Waals surface area contributed by atoms with Gasteiger partial charge < -0.3 is 9.84 Å². The summed E-state index contributed by atoms with van der Waals surface area (Å²) in [6, 6.07) is 1.75. The van der Waals surface area contributed by atoms with Crippen molar-refractivity contribution in [1.29, 1.82) is 0 Å². The van der Waals surface area contributed by atoms with Crippen molar-refractivity contribution < 1.29 is 14.6 Å². The van der Waals surface area contributed by atoms with Crippen molar-refractivity contribution in [3.8, 4) is 5.75 Å². The SMILES string of the molecule is Cc1cc(OCc2nc(C)c(C)s2)c(C(=O)O)s1. The summed E-state index contributed by atoms with van der Waals surface area (Å²) in [5, 5.41) is 9.91. The van der Waals surface area contributed by atoms with E-state index in [1.54, 1.807) is 17.4 Å². The second-order valence-electron chi connectivity index (χ2n) is 3.89. The molecule has 0 aliphatic heterocycles. The third kappa shape index (κ3) is 2.70. The minimum absolute atomic E-state index is 0.248. The fourth-order valence-corrected chi connectivity index (χ4v) is 3.13. The average molecular weight is 283 g/mol. The highest BCUT2D eigenvalue weighted by Gasteiger charge is 2.16. The summed E-state index contributed by atoms with van der Waals surface area (Å²) < 4.78 is 5.55. The lowest BCUT2D eigenvalue weighted by molar-refractivity contribution is 0.0697. The number of aromatic nitrogens is 1. The van der Waals surface area contributed by atoms with E-state index in [-0.39, 0.29) is 4.88 Å². The van der Waals surface area contributed by atoms with Crippen LogP contribution in [0.1, 0.15) is 30.1 Å². The Morgan fingerprint density at radius 3 is 2.67 bits per heavy atom. The molecule has 0 fully saturated rings. The molecule has 0 spiro atoms. The number of rotatable bonds is 4. The number of aryl methyl sites for hydroxylation is 3. The number of hydrogen-bond acceptors (Lipinski definition) is 5. The van der Waals surface area contributed by atoms with Crippen LogP contribution in [0.4, 0.5) is 0 Å². The molecule has 0 amide bonds. The molecule has 2 aromatic heterocycles.